The van der Waals surface area contributed by atoms with Crippen molar-refractivity contribution in [1.29, 1.82) is 0 Å². The van der Waals surface area contributed by atoms with Crippen LogP contribution in [0.2, 0.25) is 0 Å². The SMILES string of the molecule is CC(Cc1ccc2c(c1)cc(C(=O)O)n2Cc1cccc(S(=O)(=O)N(C)C)c1)NCC(O)c1ccc(N)nc1. The maximum Gasteiger partial charge on any atom is 0.352 e. The van der Waals surface area contributed by atoms with Gasteiger partial charge in [-0.1, -0.05) is 24.3 Å². The maximum absolute atomic E-state index is 12.6. The van der Waals surface area contributed by atoms with Crippen molar-refractivity contribution in [3.63, 3.8) is 0 Å². The predicted octanol–water partition coefficient (Wildman–Crippen LogP) is 2.87. The van der Waals surface area contributed by atoms with E-state index in [4.69, 9.17) is 5.73 Å². The number of carboxylic acids is 1. The number of carboxylic acid groups (broad SMARTS) is 1. The summed E-state index contributed by atoms with van der Waals surface area (Å²) in [5, 5.41) is 24.4. The summed E-state index contributed by atoms with van der Waals surface area (Å²) >= 11 is 0. The summed E-state index contributed by atoms with van der Waals surface area (Å²) < 4.78 is 28.0. The van der Waals surface area contributed by atoms with E-state index in [2.05, 4.69) is 10.3 Å². The summed E-state index contributed by atoms with van der Waals surface area (Å²) in [6, 6.07) is 17.4. The summed E-state index contributed by atoms with van der Waals surface area (Å²) in [5.74, 6) is -0.667. The molecule has 5 N–H and O–H groups in total. The first-order valence-electron chi connectivity index (χ1n) is 12.5. The summed E-state index contributed by atoms with van der Waals surface area (Å²) in [7, 11) is -0.675. The topological polar surface area (TPSA) is 151 Å². The molecule has 0 saturated carbocycles. The average molecular weight is 552 g/mol. The van der Waals surface area contributed by atoms with E-state index in [0.29, 0.717) is 29.9 Å². The van der Waals surface area contributed by atoms with Gasteiger partial charge in [-0.15, -0.1) is 0 Å². The van der Waals surface area contributed by atoms with Gasteiger partial charge >= 0.3 is 5.97 Å². The number of sulfonamides is 1. The fraction of sp³-hybridized carbons (Fsp3) is 0.286. The lowest BCUT2D eigenvalue weighted by Crippen LogP contribution is -2.32. The van der Waals surface area contributed by atoms with E-state index in [0.717, 1.165) is 20.8 Å². The standard InChI is InChI=1S/C28H33N5O5S/c1-18(30-16-26(34)21-8-10-27(29)31-15-21)11-19-7-9-24-22(12-19)14-25(28(35)36)33(24)17-20-5-4-6-23(13-20)39(37,38)32(2)3/h4-10,12-15,18,26,30,34H,11,16-17H2,1-3H3,(H2,29,31)(H,35,36). The molecule has 0 amide bonds. The molecule has 2 aromatic carbocycles. The fourth-order valence-corrected chi connectivity index (χ4v) is 5.44. The van der Waals surface area contributed by atoms with Crippen molar-refractivity contribution in [2.75, 3.05) is 26.4 Å². The first-order chi connectivity index (χ1) is 18.5. The smallest absolute Gasteiger partial charge is 0.352 e. The molecule has 0 aliphatic heterocycles. The van der Waals surface area contributed by atoms with Crippen molar-refractivity contribution in [3.05, 3.63) is 89.2 Å². The number of carbonyl (C=O) groups is 1. The number of aliphatic hydroxyl groups excluding tert-OH is 1. The van der Waals surface area contributed by atoms with Crippen LogP contribution in [-0.2, 0) is 23.0 Å². The molecule has 4 aromatic rings. The second-order valence-corrected chi connectivity index (χ2v) is 11.9. The minimum atomic E-state index is -3.61. The van der Waals surface area contributed by atoms with Crippen LogP contribution in [0.1, 0.15) is 40.2 Å². The molecule has 0 fully saturated rings. The number of benzene rings is 2. The molecule has 0 aliphatic rings. The van der Waals surface area contributed by atoms with Crippen LogP contribution in [0, 0.1) is 0 Å². The third-order valence-electron chi connectivity index (χ3n) is 6.60. The van der Waals surface area contributed by atoms with Gasteiger partial charge in [0, 0.05) is 55.9 Å². The zero-order chi connectivity index (χ0) is 28.3. The Kier molecular flexibility index (Phi) is 8.36. The minimum absolute atomic E-state index is 0.0428. The van der Waals surface area contributed by atoms with Gasteiger partial charge in [0.2, 0.25) is 10.0 Å². The Bertz CT molecular complexity index is 1580. The zero-order valence-corrected chi connectivity index (χ0v) is 22.9. The molecule has 206 valence electrons. The van der Waals surface area contributed by atoms with Crippen molar-refractivity contribution in [1.82, 2.24) is 19.2 Å². The number of rotatable bonds is 11. The molecular weight excluding hydrogens is 518 g/mol. The molecule has 0 saturated heterocycles. The van der Waals surface area contributed by atoms with E-state index in [1.807, 2.05) is 25.1 Å². The van der Waals surface area contributed by atoms with Crippen LogP contribution in [0.3, 0.4) is 0 Å². The van der Waals surface area contributed by atoms with Crippen LogP contribution in [0.5, 0.6) is 0 Å². The number of nitrogen functional groups attached to an aromatic ring is 1. The van der Waals surface area contributed by atoms with Gasteiger partial charge in [0.05, 0.1) is 11.0 Å². The largest absolute Gasteiger partial charge is 0.477 e. The summed E-state index contributed by atoms with van der Waals surface area (Å²) in [6.07, 6.45) is 1.50. The number of nitrogens with one attached hydrogen (secondary N) is 1. The summed E-state index contributed by atoms with van der Waals surface area (Å²) in [5.41, 5.74) is 8.83. The van der Waals surface area contributed by atoms with Crippen LogP contribution < -0.4 is 11.1 Å². The Balaban J connectivity index is 1.51. The fourth-order valence-electron chi connectivity index (χ4n) is 4.46. The third kappa shape index (κ3) is 6.45. The number of aromatic nitrogens is 2. The molecule has 2 aromatic heterocycles. The molecule has 0 bridgehead atoms. The van der Waals surface area contributed by atoms with Gasteiger partial charge in [0.1, 0.15) is 11.5 Å². The molecule has 4 rings (SSSR count). The number of aromatic carboxylic acids is 1. The lowest BCUT2D eigenvalue weighted by Gasteiger charge is -2.18. The van der Waals surface area contributed by atoms with Gasteiger partial charge < -0.3 is 25.8 Å². The van der Waals surface area contributed by atoms with Crippen molar-refractivity contribution >= 4 is 32.7 Å². The van der Waals surface area contributed by atoms with Gasteiger partial charge in [-0.25, -0.2) is 22.5 Å². The van der Waals surface area contributed by atoms with Gasteiger partial charge in [0.15, 0.2) is 0 Å². The monoisotopic (exact) mass is 551 g/mol. The summed E-state index contributed by atoms with van der Waals surface area (Å²) in [4.78, 5) is 16.2. The Hall–Kier alpha value is -3.77. The van der Waals surface area contributed by atoms with Gasteiger partial charge in [-0.05, 0) is 60.9 Å². The van der Waals surface area contributed by atoms with Crippen molar-refractivity contribution in [3.8, 4) is 0 Å². The number of anilines is 1. The molecule has 2 atom stereocenters. The second-order valence-electron chi connectivity index (χ2n) is 9.79. The number of pyridine rings is 1. The highest BCUT2D eigenvalue weighted by atomic mass is 32.2. The molecule has 0 spiro atoms. The van der Waals surface area contributed by atoms with E-state index < -0.39 is 22.1 Å². The number of fused-ring (bicyclic) bond motifs is 1. The number of nitrogens with two attached hydrogens (primary N) is 1. The minimum Gasteiger partial charge on any atom is -0.477 e. The highest BCUT2D eigenvalue weighted by Crippen LogP contribution is 2.25. The van der Waals surface area contributed by atoms with Crippen LogP contribution in [0.25, 0.3) is 10.9 Å². The van der Waals surface area contributed by atoms with Crippen LogP contribution in [0.15, 0.2) is 71.8 Å². The maximum atomic E-state index is 12.6. The molecule has 39 heavy (non-hydrogen) atoms. The number of aliphatic hydroxyl groups is 1. The molecule has 2 heterocycles. The highest BCUT2D eigenvalue weighted by Gasteiger charge is 2.19. The summed E-state index contributed by atoms with van der Waals surface area (Å²) in [6.45, 7) is 2.56. The molecule has 2 unspecified atom stereocenters. The van der Waals surface area contributed by atoms with Crippen LogP contribution >= 0.6 is 0 Å². The van der Waals surface area contributed by atoms with Gasteiger partial charge in [0.25, 0.3) is 0 Å². The Morgan fingerprint density at radius 3 is 2.54 bits per heavy atom. The van der Waals surface area contributed by atoms with E-state index in [-0.39, 0.29) is 23.2 Å². The number of hydrogen-bond donors (Lipinski definition) is 4. The van der Waals surface area contributed by atoms with Crippen LogP contribution in [-0.4, -0.2) is 65.1 Å². The van der Waals surface area contributed by atoms with Gasteiger partial charge in [-0.3, -0.25) is 0 Å². The third-order valence-corrected chi connectivity index (χ3v) is 8.41. The Labute approximate surface area is 227 Å². The number of nitrogens with zero attached hydrogens (tertiary/aromatic N) is 3. The zero-order valence-electron chi connectivity index (χ0n) is 22.1. The molecule has 11 heteroatoms. The first kappa shape index (κ1) is 28.2. The first-order valence-corrected chi connectivity index (χ1v) is 13.9. The predicted molar refractivity (Wildman–Crippen MR) is 150 cm³/mol. The normalized spacial score (nSPS) is 13.6. The average Bonchev–Trinajstić information content (AvgIpc) is 3.25. The van der Waals surface area contributed by atoms with E-state index in [9.17, 15) is 23.4 Å². The number of hydrogen-bond acceptors (Lipinski definition) is 7. The van der Waals surface area contributed by atoms with E-state index >= 15 is 0 Å². The van der Waals surface area contributed by atoms with Crippen LogP contribution in [0.4, 0.5) is 5.82 Å². The van der Waals surface area contributed by atoms with Gasteiger partial charge in [-0.2, -0.15) is 0 Å². The lowest BCUT2D eigenvalue weighted by atomic mass is 10.0. The Morgan fingerprint density at radius 1 is 1.10 bits per heavy atom. The second kappa shape index (κ2) is 11.5. The van der Waals surface area contributed by atoms with E-state index in [1.165, 1.54) is 20.2 Å². The quantitative estimate of drug-likeness (QED) is 0.222. The van der Waals surface area contributed by atoms with E-state index in [1.54, 1.807) is 47.2 Å². The molecule has 0 aliphatic carbocycles. The molecule has 0 radical (unpaired) electrons. The Morgan fingerprint density at radius 2 is 1.87 bits per heavy atom. The molecular formula is C28H33N5O5S. The van der Waals surface area contributed by atoms with Crippen molar-refractivity contribution in [2.45, 2.75) is 36.9 Å². The highest BCUT2D eigenvalue weighted by molar-refractivity contribution is 7.89. The lowest BCUT2D eigenvalue weighted by molar-refractivity contribution is 0.0686. The van der Waals surface area contributed by atoms with Crippen molar-refractivity contribution in [2.24, 2.45) is 0 Å². The van der Waals surface area contributed by atoms with Crippen molar-refractivity contribution < 1.29 is 23.4 Å². The molecule has 10 nitrogen and oxygen atoms in total.